The molecule has 25 heavy (non-hydrogen) atoms. The fraction of sp³-hybridized carbons (Fsp3) is 0.158. The Balaban J connectivity index is 1.48. The van der Waals surface area contributed by atoms with Gasteiger partial charge in [0.1, 0.15) is 5.75 Å². The second-order valence-electron chi connectivity index (χ2n) is 5.47. The van der Waals surface area contributed by atoms with Gasteiger partial charge in [-0.25, -0.2) is 4.98 Å². The van der Waals surface area contributed by atoms with E-state index in [1.807, 2.05) is 36.6 Å². The van der Waals surface area contributed by atoms with Gasteiger partial charge in [-0.1, -0.05) is 41.9 Å². The van der Waals surface area contributed by atoms with E-state index in [9.17, 15) is 4.79 Å². The third kappa shape index (κ3) is 5.05. The summed E-state index contributed by atoms with van der Waals surface area (Å²) in [5.74, 6) is 0.393. The van der Waals surface area contributed by atoms with E-state index < -0.39 is 0 Å². The highest BCUT2D eigenvalue weighted by Crippen LogP contribution is 2.21. The number of benzene rings is 2. The van der Waals surface area contributed by atoms with Crippen molar-refractivity contribution in [3.8, 4) is 17.0 Å². The summed E-state index contributed by atoms with van der Waals surface area (Å²) in [5, 5.41) is 6.50. The number of carbonyl (C=O) groups is 1. The van der Waals surface area contributed by atoms with Gasteiger partial charge in [-0.05, 0) is 30.7 Å². The van der Waals surface area contributed by atoms with Gasteiger partial charge >= 0.3 is 0 Å². The van der Waals surface area contributed by atoms with Crippen molar-refractivity contribution in [2.45, 2.75) is 13.5 Å². The van der Waals surface area contributed by atoms with Crippen molar-refractivity contribution in [3.05, 3.63) is 69.5 Å². The molecule has 0 bridgehead atoms. The number of amides is 1. The molecular weight excluding hydrogens is 356 g/mol. The highest BCUT2D eigenvalue weighted by molar-refractivity contribution is 7.09. The molecule has 4 nitrogen and oxygen atoms in total. The van der Waals surface area contributed by atoms with Crippen molar-refractivity contribution in [2.24, 2.45) is 0 Å². The van der Waals surface area contributed by atoms with Gasteiger partial charge in [-0.3, -0.25) is 4.79 Å². The molecule has 1 amide bonds. The molecule has 0 saturated carbocycles. The number of aryl methyl sites for hydroxylation is 1. The van der Waals surface area contributed by atoms with E-state index >= 15 is 0 Å². The molecule has 1 aromatic heterocycles. The molecule has 0 spiro atoms. The molecule has 0 aliphatic rings. The van der Waals surface area contributed by atoms with Gasteiger partial charge in [0.2, 0.25) is 0 Å². The molecule has 0 unspecified atom stereocenters. The largest absolute Gasteiger partial charge is 0.484 e. The van der Waals surface area contributed by atoms with Crippen LogP contribution in [0.4, 0.5) is 0 Å². The first kappa shape index (κ1) is 17.5. The normalized spacial score (nSPS) is 10.5. The number of nitrogens with one attached hydrogen (secondary N) is 1. The Hall–Kier alpha value is -2.37. The van der Waals surface area contributed by atoms with Crippen LogP contribution in [0.25, 0.3) is 11.3 Å². The minimum absolute atomic E-state index is 0.0451. The van der Waals surface area contributed by atoms with Gasteiger partial charge in [0.25, 0.3) is 5.91 Å². The average molecular weight is 373 g/mol. The first-order valence-corrected chi connectivity index (χ1v) is 9.02. The molecular formula is C19H17ClN2O2S. The Morgan fingerprint density at radius 1 is 1.24 bits per heavy atom. The van der Waals surface area contributed by atoms with Crippen LogP contribution in [0.15, 0.2) is 53.9 Å². The number of rotatable bonds is 6. The average Bonchev–Trinajstić information content (AvgIpc) is 3.05. The summed E-state index contributed by atoms with van der Waals surface area (Å²) in [4.78, 5) is 16.4. The highest BCUT2D eigenvalue weighted by atomic mass is 35.5. The predicted molar refractivity (Wildman–Crippen MR) is 101 cm³/mol. The maximum Gasteiger partial charge on any atom is 0.258 e. The van der Waals surface area contributed by atoms with E-state index in [4.69, 9.17) is 16.3 Å². The molecule has 0 aliphatic heterocycles. The number of carbonyl (C=O) groups excluding carboxylic acids is 1. The molecule has 0 atom stereocenters. The van der Waals surface area contributed by atoms with Crippen LogP contribution in [0.2, 0.25) is 5.02 Å². The summed E-state index contributed by atoms with van der Waals surface area (Å²) in [5.41, 5.74) is 3.07. The van der Waals surface area contributed by atoms with Crippen LogP contribution in [-0.4, -0.2) is 17.5 Å². The zero-order valence-electron chi connectivity index (χ0n) is 13.7. The lowest BCUT2D eigenvalue weighted by Gasteiger charge is -2.08. The van der Waals surface area contributed by atoms with Gasteiger partial charge in [0, 0.05) is 22.5 Å². The predicted octanol–water partition coefficient (Wildman–Crippen LogP) is 4.47. The SMILES string of the molecule is Cc1nc(-c2ccc(CNC(=O)COc3cccc(Cl)c3)cc2)cs1. The van der Waals surface area contributed by atoms with Crippen LogP contribution < -0.4 is 10.1 Å². The second-order valence-corrected chi connectivity index (χ2v) is 6.97. The Bertz CT molecular complexity index is 862. The van der Waals surface area contributed by atoms with E-state index in [1.165, 1.54) is 0 Å². The van der Waals surface area contributed by atoms with Crippen molar-refractivity contribution in [1.29, 1.82) is 0 Å². The summed E-state index contributed by atoms with van der Waals surface area (Å²) in [6.07, 6.45) is 0. The van der Waals surface area contributed by atoms with Crippen LogP contribution >= 0.6 is 22.9 Å². The fourth-order valence-corrected chi connectivity index (χ4v) is 3.05. The first-order chi connectivity index (χ1) is 12.1. The third-order valence-corrected chi connectivity index (χ3v) is 4.53. The lowest BCUT2D eigenvalue weighted by Crippen LogP contribution is -2.28. The van der Waals surface area contributed by atoms with Gasteiger partial charge in [-0.2, -0.15) is 0 Å². The van der Waals surface area contributed by atoms with Gasteiger partial charge in [0.05, 0.1) is 10.7 Å². The van der Waals surface area contributed by atoms with E-state index in [2.05, 4.69) is 10.3 Å². The van der Waals surface area contributed by atoms with Crippen LogP contribution in [-0.2, 0) is 11.3 Å². The zero-order chi connectivity index (χ0) is 17.6. The standard InChI is InChI=1S/C19H17ClN2O2S/c1-13-22-18(12-25-13)15-7-5-14(6-8-15)10-21-19(23)11-24-17-4-2-3-16(20)9-17/h2-9,12H,10-11H2,1H3,(H,21,23). The quantitative estimate of drug-likeness (QED) is 0.694. The number of nitrogens with zero attached hydrogens (tertiary/aromatic N) is 1. The molecule has 6 heteroatoms. The van der Waals surface area contributed by atoms with E-state index in [-0.39, 0.29) is 12.5 Å². The molecule has 3 rings (SSSR count). The summed E-state index contributed by atoms with van der Waals surface area (Å²) >= 11 is 7.51. The summed E-state index contributed by atoms with van der Waals surface area (Å²) in [6, 6.07) is 15.0. The van der Waals surface area contributed by atoms with Gasteiger partial charge < -0.3 is 10.1 Å². The third-order valence-electron chi connectivity index (χ3n) is 3.52. The van der Waals surface area contributed by atoms with Gasteiger partial charge in [0.15, 0.2) is 6.61 Å². The number of thiazole rings is 1. The number of hydrogen-bond acceptors (Lipinski definition) is 4. The van der Waals surface area contributed by atoms with Crippen LogP contribution in [0.5, 0.6) is 5.75 Å². The molecule has 1 N–H and O–H groups in total. The van der Waals surface area contributed by atoms with Gasteiger partial charge in [-0.15, -0.1) is 11.3 Å². The maximum absolute atomic E-state index is 11.9. The van der Waals surface area contributed by atoms with E-state index in [0.29, 0.717) is 17.3 Å². The minimum atomic E-state index is -0.181. The first-order valence-electron chi connectivity index (χ1n) is 7.77. The molecule has 0 fully saturated rings. The maximum atomic E-state index is 11.9. The number of aromatic nitrogens is 1. The monoisotopic (exact) mass is 372 g/mol. The lowest BCUT2D eigenvalue weighted by atomic mass is 10.1. The van der Waals surface area contributed by atoms with Crippen molar-refractivity contribution in [1.82, 2.24) is 10.3 Å². The van der Waals surface area contributed by atoms with E-state index in [1.54, 1.807) is 35.6 Å². The Morgan fingerprint density at radius 2 is 2.04 bits per heavy atom. The number of ether oxygens (including phenoxy) is 1. The summed E-state index contributed by atoms with van der Waals surface area (Å²) < 4.78 is 5.41. The van der Waals surface area contributed by atoms with Crippen molar-refractivity contribution in [2.75, 3.05) is 6.61 Å². The fourth-order valence-electron chi connectivity index (χ4n) is 2.25. The Morgan fingerprint density at radius 3 is 2.72 bits per heavy atom. The molecule has 1 heterocycles. The van der Waals surface area contributed by atoms with Crippen LogP contribution in [0.3, 0.4) is 0 Å². The van der Waals surface area contributed by atoms with Crippen molar-refractivity contribution >= 4 is 28.8 Å². The number of halogens is 1. The highest BCUT2D eigenvalue weighted by Gasteiger charge is 2.05. The second kappa shape index (κ2) is 8.14. The molecule has 3 aromatic rings. The number of hydrogen-bond donors (Lipinski definition) is 1. The molecule has 2 aromatic carbocycles. The minimum Gasteiger partial charge on any atom is -0.484 e. The lowest BCUT2D eigenvalue weighted by molar-refractivity contribution is -0.123. The van der Waals surface area contributed by atoms with E-state index in [0.717, 1.165) is 21.8 Å². The molecule has 0 saturated heterocycles. The smallest absolute Gasteiger partial charge is 0.258 e. The zero-order valence-corrected chi connectivity index (χ0v) is 15.2. The van der Waals surface area contributed by atoms with Crippen molar-refractivity contribution < 1.29 is 9.53 Å². The molecule has 0 aliphatic carbocycles. The van der Waals surface area contributed by atoms with Crippen LogP contribution in [0.1, 0.15) is 10.6 Å². The summed E-state index contributed by atoms with van der Waals surface area (Å²) in [6.45, 7) is 2.40. The Labute approximate surface area is 155 Å². The topological polar surface area (TPSA) is 51.2 Å². The summed E-state index contributed by atoms with van der Waals surface area (Å²) in [7, 11) is 0. The van der Waals surface area contributed by atoms with Crippen LogP contribution in [0, 0.1) is 6.92 Å². The van der Waals surface area contributed by atoms with Crippen molar-refractivity contribution in [3.63, 3.8) is 0 Å². The molecule has 0 radical (unpaired) electrons. The Kier molecular flexibility index (Phi) is 5.68. The molecule has 128 valence electrons.